The Balaban J connectivity index is 1.53. The fourth-order valence-electron chi connectivity index (χ4n) is 5.57. The van der Waals surface area contributed by atoms with Gasteiger partial charge in [-0.3, -0.25) is 29.2 Å². The van der Waals surface area contributed by atoms with Gasteiger partial charge in [0.15, 0.2) is 6.10 Å². The number of aromatic nitrogens is 1. The van der Waals surface area contributed by atoms with E-state index >= 15 is 0 Å². The Labute approximate surface area is 256 Å². The lowest BCUT2D eigenvalue weighted by atomic mass is 9.88. The lowest BCUT2D eigenvalue weighted by molar-refractivity contribution is -0.192. The zero-order valence-electron chi connectivity index (χ0n) is 25.6. The minimum atomic E-state index is -1.29. The number of hydrazine groups is 1. The fourth-order valence-corrected chi connectivity index (χ4v) is 5.57. The van der Waals surface area contributed by atoms with Gasteiger partial charge in [0.2, 0.25) is 5.91 Å². The van der Waals surface area contributed by atoms with Crippen LogP contribution in [0.4, 0.5) is 0 Å². The van der Waals surface area contributed by atoms with Crippen molar-refractivity contribution in [3.8, 4) is 0 Å². The number of fused-ring (bicyclic) bond motifs is 4. The number of nitrogens with zero attached hydrogens (tertiary/aromatic N) is 2. The Morgan fingerprint density at radius 3 is 2.50 bits per heavy atom. The Hall–Kier alpha value is -3.87. The number of nitrogens with one attached hydrogen (secondary N) is 3. The molecule has 2 aromatic rings. The van der Waals surface area contributed by atoms with E-state index in [1.165, 1.54) is 5.01 Å². The molecule has 0 radical (unpaired) electrons. The number of amides is 3. The van der Waals surface area contributed by atoms with E-state index in [-0.39, 0.29) is 31.8 Å². The van der Waals surface area contributed by atoms with Crippen LogP contribution in [0.2, 0.25) is 0 Å². The summed E-state index contributed by atoms with van der Waals surface area (Å²) in [5.74, 6) is -2.21. The van der Waals surface area contributed by atoms with Gasteiger partial charge in [0, 0.05) is 17.8 Å². The number of cyclic esters (lactones) is 1. The van der Waals surface area contributed by atoms with Crippen molar-refractivity contribution in [2.75, 3.05) is 26.6 Å². The van der Waals surface area contributed by atoms with Crippen LogP contribution in [0.1, 0.15) is 64.3 Å². The summed E-state index contributed by atoms with van der Waals surface area (Å²) in [5, 5.41) is 8.04. The summed E-state index contributed by atoms with van der Waals surface area (Å²) in [4.78, 5) is 58.7. The highest BCUT2D eigenvalue weighted by Gasteiger charge is 2.44. The molecule has 0 unspecified atom stereocenters. The highest BCUT2D eigenvalue weighted by Crippen LogP contribution is 2.30. The third-order valence-electron chi connectivity index (χ3n) is 8.58. The van der Waals surface area contributed by atoms with Crippen molar-refractivity contribution >= 4 is 40.7 Å². The predicted molar refractivity (Wildman–Crippen MR) is 161 cm³/mol. The summed E-state index contributed by atoms with van der Waals surface area (Å²) in [7, 11) is 0. The largest absolute Gasteiger partial charge is 0.451 e. The van der Waals surface area contributed by atoms with Gasteiger partial charge in [0.1, 0.15) is 24.3 Å². The molecular formula is C32H41N5O7. The molecule has 0 aliphatic carbocycles. The summed E-state index contributed by atoms with van der Waals surface area (Å²) in [5.41, 5.74) is 3.93. The van der Waals surface area contributed by atoms with Gasteiger partial charge in [-0.05, 0) is 50.8 Å². The summed E-state index contributed by atoms with van der Waals surface area (Å²) in [6.07, 6.45) is 4.04. The maximum absolute atomic E-state index is 13.8. The second-order valence-electron chi connectivity index (χ2n) is 12.0. The second-order valence-corrected chi connectivity index (χ2v) is 12.0. The zero-order chi connectivity index (χ0) is 31.4. The highest BCUT2D eigenvalue weighted by atomic mass is 16.7. The van der Waals surface area contributed by atoms with Crippen molar-refractivity contribution in [2.45, 2.75) is 71.2 Å². The number of carbonyl (C=O) groups excluding carboxylic acids is 4. The minimum absolute atomic E-state index is 0.0149. The van der Waals surface area contributed by atoms with Crippen LogP contribution < -0.4 is 16.1 Å². The minimum Gasteiger partial charge on any atom is -0.451 e. The van der Waals surface area contributed by atoms with Gasteiger partial charge in [-0.25, -0.2) is 5.43 Å². The number of hydrogen-bond acceptors (Lipinski definition) is 9. The quantitative estimate of drug-likeness (QED) is 0.438. The maximum Gasteiger partial charge on any atom is 0.321 e. The van der Waals surface area contributed by atoms with E-state index in [0.717, 1.165) is 16.5 Å². The maximum atomic E-state index is 13.8. The van der Waals surface area contributed by atoms with E-state index < -0.39 is 47.4 Å². The van der Waals surface area contributed by atoms with Crippen LogP contribution in [0.5, 0.6) is 0 Å². The molecule has 44 heavy (non-hydrogen) atoms. The molecule has 4 heterocycles. The lowest BCUT2D eigenvalue weighted by Gasteiger charge is -2.36. The molecule has 2 saturated heterocycles. The highest BCUT2D eigenvalue weighted by molar-refractivity contribution is 5.92. The van der Waals surface area contributed by atoms with Crippen LogP contribution >= 0.6 is 0 Å². The first kappa shape index (κ1) is 31.6. The van der Waals surface area contributed by atoms with Gasteiger partial charge >= 0.3 is 5.97 Å². The van der Waals surface area contributed by atoms with Crippen molar-refractivity contribution in [3.63, 3.8) is 0 Å². The predicted octanol–water partition coefficient (Wildman–Crippen LogP) is 2.39. The molecular weight excluding hydrogens is 566 g/mol. The third-order valence-corrected chi connectivity index (χ3v) is 8.58. The number of esters is 1. The molecule has 5 rings (SSSR count). The Bertz CT molecular complexity index is 1440. The standard InChI is InChI=1S/C32H41N5O7/c1-5-19(2)27-29(39)34-21(4)30(40)37-14-6-7-25(36-37)28(38)33-20(3)24-11-10-23-9-8-22(15-26(23)35-24)12-13-32(31(41)44-27)16-42-18-43-17-32/h8-13,15,19-21,25,27,36H,5-7,14,16-18H2,1-4H3,(H,33,38)(H,34,39)/b13-12+/t19-,20+,21-,25-,27-/m0/s1. The number of hydrogen-bond donors (Lipinski definition) is 3. The molecule has 5 atom stereocenters. The molecule has 3 aliphatic rings. The Morgan fingerprint density at radius 1 is 1.02 bits per heavy atom. The first-order valence-corrected chi connectivity index (χ1v) is 15.2. The molecule has 0 saturated carbocycles. The molecule has 1 aromatic heterocycles. The summed E-state index contributed by atoms with van der Waals surface area (Å²) >= 11 is 0. The van der Waals surface area contributed by atoms with E-state index in [9.17, 15) is 19.2 Å². The van der Waals surface area contributed by atoms with Gasteiger partial charge in [-0.15, -0.1) is 0 Å². The topological polar surface area (TPSA) is 148 Å². The van der Waals surface area contributed by atoms with Crippen LogP contribution in [0.15, 0.2) is 36.4 Å². The van der Waals surface area contributed by atoms with Crippen LogP contribution in [-0.4, -0.2) is 78.4 Å². The Kier molecular flexibility index (Phi) is 9.62. The number of benzene rings is 1. The van der Waals surface area contributed by atoms with E-state index in [4.69, 9.17) is 19.2 Å². The van der Waals surface area contributed by atoms with Crippen molar-refractivity contribution in [1.82, 2.24) is 26.1 Å². The average molecular weight is 608 g/mol. The molecule has 3 aliphatic heterocycles. The smallest absolute Gasteiger partial charge is 0.321 e. The van der Waals surface area contributed by atoms with Gasteiger partial charge in [0.25, 0.3) is 11.8 Å². The molecule has 1 spiro atoms. The van der Waals surface area contributed by atoms with Crippen molar-refractivity contribution in [2.24, 2.45) is 11.3 Å². The number of ether oxygens (including phenoxy) is 3. The fraction of sp³-hybridized carbons (Fsp3) is 0.531. The number of rotatable bonds is 2. The van der Waals surface area contributed by atoms with E-state index in [1.807, 2.05) is 51.1 Å². The second kappa shape index (κ2) is 13.4. The van der Waals surface area contributed by atoms with Gasteiger partial charge in [0.05, 0.1) is 30.5 Å². The molecule has 12 nitrogen and oxygen atoms in total. The monoisotopic (exact) mass is 607 g/mol. The zero-order valence-corrected chi connectivity index (χ0v) is 25.6. The Morgan fingerprint density at radius 2 is 1.75 bits per heavy atom. The summed E-state index contributed by atoms with van der Waals surface area (Å²) in [6, 6.07) is 7.62. The van der Waals surface area contributed by atoms with E-state index in [1.54, 1.807) is 19.1 Å². The first-order valence-electron chi connectivity index (χ1n) is 15.2. The molecule has 5 bridgehead atoms. The molecule has 2 fully saturated rings. The van der Waals surface area contributed by atoms with Crippen LogP contribution in [0.25, 0.3) is 17.0 Å². The number of carbonyl (C=O) groups is 4. The van der Waals surface area contributed by atoms with E-state index in [0.29, 0.717) is 31.5 Å². The summed E-state index contributed by atoms with van der Waals surface area (Å²) in [6.45, 7) is 7.59. The molecule has 12 heteroatoms. The molecule has 236 valence electrons. The number of pyridine rings is 1. The van der Waals surface area contributed by atoms with Crippen molar-refractivity contribution < 1.29 is 33.4 Å². The van der Waals surface area contributed by atoms with Crippen LogP contribution in [0, 0.1) is 11.3 Å². The van der Waals surface area contributed by atoms with Gasteiger partial charge < -0.3 is 24.8 Å². The third kappa shape index (κ3) is 6.77. The lowest BCUT2D eigenvalue weighted by Crippen LogP contribution is -2.61. The van der Waals surface area contributed by atoms with Crippen LogP contribution in [0.3, 0.4) is 0 Å². The van der Waals surface area contributed by atoms with Gasteiger partial charge in [-0.1, -0.05) is 44.2 Å². The SMILES string of the molecule is CC[C@H](C)[C@@H]1OC(=O)C2(/C=C/c3ccc4ccc(nc4c3)[C@@H](C)NC(=O)[C@@H]3CCCN(N3)C(=O)[C@H](C)NC1=O)COCOC2. The average Bonchev–Trinajstić information content (AvgIpc) is 3.04. The summed E-state index contributed by atoms with van der Waals surface area (Å²) < 4.78 is 17.0. The van der Waals surface area contributed by atoms with Crippen molar-refractivity contribution in [3.05, 3.63) is 47.7 Å². The molecule has 1 aromatic carbocycles. The first-order chi connectivity index (χ1) is 21.1. The van der Waals surface area contributed by atoms with Crippen molar-refractivity contribution in [1.29, 1.82) is 0 Å². The van der Waals surface area contributed by atoms with Crippen LogP contribution in [-0.2, 0) is 33.4 Å². The van der Waals surface area contributed by atoms with Gasteiger partial charge in [-0.2, -0.15) is 0 Å². The molecule has 3 amide bonds. The normalized spacial score (nSPS) is 28.2. The van der Waals surface area contributed by atoms with E-state index in [2.05, 4.69) is 16.1 Å². The molecule has 3 N–H and O–H groups in total.